The fraction of sp³-hybridized carbons (Fsp3) is 0.231. The molecule has 0 spiro atoms. The van der Waals surface area contributed by atoms with Gasteiger partial charge in [-0.3, -0.25) is 0 Å². The number of nitrogens with two attached hydrogens (primary N) is 1. The van der Waals surface area contributed by atoms with Gasteiger partial charge in [-0.25, -0.2) is 4.98 Å². The number of rotatable bonds is 2. The summed E-state index contributed by atoms with van der Waals surface area (Å²) in [6.45, 7) is 1.73. The second-order valence-electron chi connectivity index (χ2n) is 4.72. The largest absolute Gasteiger partial charge is 0.416 e. The van der Waals surface area contributed by atoms with Crippen molar-refractivity contribution in [2.24, 2.45) is 5.73 Å². The highest BCUT2D eigenvalue weighted by Gasteiger charge is 2.30. The molecule has 1 aromatic carbocycles. The third-order valence-electron chi connectivity index (χ3n) is 3.03. The first-order chi connectivity index (χ1) is 9.84. The summed E-state index contributed by atoms with van der Waals surface area (Å²) < 4.78 is 43.0. The molecule has 0 aliphatic rings. The minimum atomic E-state index is -4.39. The molecule has 110 valence electrons. The Morgan fingerprint density at radius 3 is 2.67 bits per heavy atom. The van der Waals surface area contributed by atoms with Crippen molar-refractivity contribution < 1.29 is 17.7 Å². The molecule has 0 amide bonds. The minimum absolute atomic E-state index is 0.283. The Morgan fingerprint density at radius 1 is 1.29 bits per heavy atom. The Bertz CT molecular complexity index is 788. The Hall–Kier alpha value is -2.35. The summed E-state index contributed by atoms with van der Waals surface area (Å²) in [7, 11) is 0. The standard InChI is InChI=1S/C13H11F3N4O/c1-6(17)11-5-10(20-21-11)12-18-8-3-2-7(13(14,15)16)4-9(8)19-12/h2-6H,17H2,1H3,(H,18,19). The van der Waals surface area contributed by atoms with E-state index in [0.717, 1.165) is 12.1 Å². The molecule has 0 bridgehead atoms. The number of aromatic nitrogens is 3. The van der Waals surface area contributed by atoms with Gasteiger partial charge in [-0.05, 0) is 25.1 Å². The highest BCUT2D eigenvalue weighted by Crippen LogP contribution is 2.31. The molecule has 5 nitrogen and oxygen atoms in total. The zero-order chi connectivity index (χ0) is 15.2. The van der Waals surface area contributed by atoms with Crippen LogP contribution in [0.4, 0.5) is 13.2 Å². The number of aromatic amines is 1. The van der Waals surface area contributed by atoms with Crippen molar-refractivity contribution in [3.05, 3.63) is 35.6 Å². The topological polar surface area (TPSA) is 80.7 Å². The molecule has 0 aliphatic carbocycles. The summed E-state index contributed by atoms with van der Waals surface area (Å²) in [6.07, 6.45) is -4.39. The first-order valence-electron chi connectivity index (χ1n) is 6.14. The van der Waals surface area contributed by atoms with Gasteiger partial charge in [-0.1, -0.05) is 5.16 Å². The van der Waals surface area contributed by atoms with Gasteiger partial charge in [-0.15, -0.1) is 0 Å². The summed E-state index contributed by atoms with van der Waals surface area (Å²) in [5.74, 6) is 0.807. The van der Waals surface area contributed by atoms with Gasteiger partial charge in [0.15, 0.2) is 11.6 Å². The SMILES string of the molecule is CC(N)c1cc(-c2nc3ccc(C(F)(F)F)cc3[nH]2)no1. The zero-order valence-electron chi connectivity index (χ0n) is 10.9. The molecule has 8 heteroatoms. The van der Waals surface area contributed by atoms with Crippen LogP contribution in [0.1, 0.15) is 24.3 Å². The number of imidazole rings is 1. The van der Waals surface area contributed by atoms with Crippen LogP contribution in [0.5, 0.6) is 0 Å². The van der Waals surface area contributed by atoms with Crippen molar-refractivity contribution in [1.82, 2.24) is 15.1 Å². The van der Waals surface area contributed by atoms with Crippen LogP contribution in [-0.2, 0) is 6.18 Å². The number of halogens is 3. The Morgan fingerprint density at radius 2 is 2.05 bits per heavy atom. The van der Waals surface area contributed by atoms with E-state index in [2.05, 4.69) is 15.1 Å². The van der Waals surface area contributed by atoms with E-state index in [-0.39, 0.29) is 11.6 Å². The highest BCUT2D eigenvalue weighted by atomic mass is 19.4. The number of fused-ring (bicyclic) bond motifs is 1. The monoisotopic (exact) mass is 296 g/mol. The predicted molar refractivity (Wildman–Crippen MR) is 69.2 cm³/mol. The van der Waals surface area contributed by atoms with Crippen LogP contribution in [0, 0.1) is 0 Å². The van der Waals surface area contributed by atoms with Crippen LogP contribution in [-0.4, -0.2) is 15.1 Å². The number of nitrogens with one attached hydrogen (secondary N) is 1. The second-order valence-corrected chi connectivity index (χ2v) is 4.72. The lowest BCUT2D eigenvalue weighted by Gasteiger charge is -2.05. The van der Waals surface area contributed by atoms with Crippen molar-refractivity contribution in [2.45, 2.75) is 19.1 Å². The maximum absolute atomic E-state index is 12.7. The number of H-pyrrole nitrogens is 1. The van der Waals surface area contributed by atoms with Gasteiger partial charge in [0.2, 0.25) is 0 Å². The molecule has 3 N–H and O–H groups in total. The van der Waals surface area contributed by atoms with Crippen molar-refractivity contribution >= 4 is 11.0 Å². The van der Waals surface area contributed by atoms with Crippen LogP contribution < -0.4 is 5.73 Å². The molecule has 3 aromatic rings. The molecule has 0 saturated carbocycles. The summed E-state index contributed by atoms with van der Waals surface area (Å²) >= 11 is 0. The van der Waals surface area contributed by atoms with Crippen molar-refractivity contribution in [3.63, 3.8) is 0 Å². The molecular formula is C13H11F3N4O. The first kappa shape index (κ1) is 13.6. The smallest absolute Gasteiger partial charge is 0.359 e. The van der Waals surface area contributed by atoms with Gasteiger partial charge in [0.1, 0.15) is 5.69 Å². The van der Waals surface area contributed by atoms with Crippen LogP contribution in [0.25, 0.3) is 22.6 Å². The summed E-state index contributed by atoms with van der Waals surface area (Å²) in [6, 6.07) is 4.59. The molecule has 0 saturated heterocycles. The summed E-state index contributed by atoms with van der Waals surface area (Å²) in [5, 5.41) is 3.80. The molecule has 3 rings (SSSR count). The van der Waals surface area contributed by atoms with Gasteiger partial charge >= 0.3 is 6.18 Å². The highest BCUT2D eigenvalue weighted by molar-refractivity contribution is 5.79. The molecule has 21 heavy (non-hydrogen) atoms. The molecular weight excluding hydrogens is 285 g/mol. The van der Waals surface area contributed by atoms with Crippen molar-refractivity contribution in [2.75, 3.05) is 0 Å². The van der Waals surface area contributed by atoms with E-state index in [4.69, 9.17) is 10.3 Å². The van der Waals surface area contributed by atoms with E-state index < -0.39 is 11.7 Å². The number of hydrogen-bond donors (Lipinski definition) is 2. The maximum Gasteiger partial charge on any atom is 0.416 e. The Balaban J connectivity index is 2.04. The molecule has 0 aliphatic heterocycles. The predicted octanol–water partition coefficient (Wildman–Crippen LogP) is 3.26. The van der Waals surface area contributed by atoms with Crippen molar-refractivity contribution in [1.29, 1.82) is 0 Å². The van der Waals surface area contributed by atoms with E-state index in [9.17, 15) is 13.2 Å². The lowest BCUT2D eigenvalue weighted by molar-refractivity contribution is -0.137. The van der Waals surface area contributed by atoms with Crippen LogP contribution in [0.3, 0.4) is 0 Å². The normalized spacial score (nSPS) is 13.8. The number of alkyl halides is 3. The molecule has 2 aromatic heterocycles. The average molecular weight is 296 g/mol. The Labute approximate surface area is 116 Å². The van der Waals surface area contributed by atoms with E-state index in [1.54, 1.807) is 13.0 Å². The second kappa shape index (κ2) is 4.59. The summed E-state index contributed by atoms with van der Waals surface area (Å²) in [4.78, 5) is 6.99. The third kappa shape index (κ3) is 2.49. The maximum atomic E-state index is 12.7. The van der Waals surface area contributed by atoms with Gasteiger partial charge < -0.3 is 15.2 Å². The zero-order valence-corrected chi connectivity index (χ0v) is 10.9. The van der Waals surface area contributed by atoms with Gasteiger partial charge in [0, 0.05) is 6.07 Å². The average Bonchev–Trinajstić information content (AvgIpc) is 3.03. The van der Waals surface area contributed by atoms with Crippen LogP contribution in [0.2, 0.25) is 0 Å². The van der Waals surface area contributed by atoms with E-state index >= 15 is 0 Å². The third-order valence-corrected chi connectivity index (χ3v) is 3.03. The van der Waals surface area contributed by atoms with Crippen molar-refractivity contribution in [3.8, 4) is 11.5 Å². The molecule has 0 radical (unpaired) electrons. The quantitative estimate of drug-likeness (QED) is 0.760. The van der Waals surface area contributed by atoms with Gasteiger partial charge in [-0.2, -0.15) is 13.2 Å². The van der Waals surface area contributed by atoms with E-state index in [0.29, 0.717) is 22.8 Å². The fourth-order valence-electron chi connectivity index (χ4n) is 1.92. The number of benzene rings is 1. The number of hydrogen-bond acceptors (Lipinski definition) is 4. The number of nitrogens with zero attached hydrogens (tertiary/aromatic N) is 2. The molecule has 1 atom stereocenters. The molecule has 1 unspecified atom stereocenters. The minimum Gasteiger partial charge on any atom is -0.359 e. The van der Waals surface area contributed by atoms with Gasteiger partial charge in [0.25, 0.3) is 0 Å². The van der Waals surface area contributed by atoms with E-state index in [1.165, 1.54) is 6.07 Å². The van der Waals surface area contributed by atoms with Crippen LogP contribution in [0.15, 0.2) is 28.8 Å². The fourth-order valence-corrected chi connectivity index (χ4v) is 1.92. The van der Waals surface area contributed by atoms with E-state index in [1.807, 2.05) is 0 Å². The molecule has 0 fully saturated rings. The lowest BCUT2D eigenvalue weighted by Crippen LogP contribution is -2.04. The lowest BCUT2D eigenvalue weighted by atomic mass is 10.2. The van der Waals surface area contributed by atoms with Gasteiger partial charge in [0.05, 0.1) is 22.6 Å². The molecule has 2 heterocycles. The first-order valence-corrected chi connectivity index (χ1v) is 6.14. The van der Waals surface area contributed by atoms with Crippen LogP contribution >= 0.6 is 0 Å². The summed E-state index contributed by atoms with van der Waals surface area (Å²) in [5.41, 5.74) is 6.02. The Kier molecular flexibility index (Phi) is 2.98.